The van der Waals surface area contributed by atoms with Crippen molar-refractivity contribution in [1.29, 1.82) is 0 Å². The van der Waals surface area contributed by atoms with Crippen molar-refractivity contribution in [2.24, 2.45) is 23.7 Å². The molecule has 5 atom stereocenters. The Labute approximate surface area is 613 Å². The summed E-state index contributed by atoms with van der Waals surface area (Å²) >= 11 is 0. The highest BCUT2D eigenvalue weighted by atomic mass is 31.2. The van der Waals surface area contributed by atoms with Crippen LogP contribution in [0, 0.1) is 23.7 Å². The monoisotopic (exact) mass is 1470 g/mol. The number of rotatable bonds is 78. The van der Waals surface area contributed by atoms with E-state index >= 15 is 0 Å². The number of carbonyl (C=O) groups excluding carboxylic acids is 4. The first-order valence-electron chi connectivity index (χ1n) is 41.7. The van der Waals surface area contributed by atoms with Crippen LogP contribution in [-0.4, -0.2) is 96.7 Å². The molecule has 0 heterocycles. The summed E-state index contributed by atoms with van der Waals surface area (Å²) < 4.78 is 68.7. The molecule has 0 saturated heterocycles. The van der Waals surface area contributed by atoms with Crippen LogP contribution >= 0.6 is 15.6 Å². The first-order chi connectivity index (χ1) is 48.1. The fourth-order valence-corrected chi connectivity index (χ4v) is 14.0. The van der Waals surface area contributed by atoms with Gasteiger partial charge in [-0.3, -0.25) is 37.3 Å². The maximum atomic E-state index is 13.1. The zero-order valence-electron chi connectivity index (χ0n) is 65.8. The lowest BCUT2D eigenvalue weighted by molar-refractivity contribution is -0.161. The van der Waals surface area contributed by atoms with Gasteiger partial charge in [0.2, 0.25) is 0 Å². The molecule has 0 saturated carbocycles. The summed E-state index contributed by atoms with van der Waals surface area (Å²) in [7, 11) is -9.92. The van der Waals surface area contributed by atoms with Gasteiger partial charge in [-0.05, 0) is 49.4 Å². The second-order valence-corrected chi connectivity index (χ2v) is 34.0. The first kappa shape index (κ1) is 98.1. The van der Waals surface area contributed by atoms with Crippen LogP contribution in [0.2, 0.25) is 0 Å². The Balaban J connectivity index is 5.26. The molecule has 19 heteroatoms. The number of phosphoric acid groups is 2. The Kier molecular flexibility index (Phi) is 68.7. The third-order valence-corrected chi connectivity index (χ3v) is 20.7. The first-order valence-corrected chi connectivity index (χ1v) is 44.7. The Hall–Kier alpha value is -1.94. The van der Waals surface area contributed by atoms with E-state index in [4.69, 9.17) is 37.0 Å². The maximum Gasteiger partial charge on any atom is 0.472 e. The molecule has 0 aliphatic carbocycles. The predicted octanol–water partition coefficient (Wildman–Crippen LogP) is 24.0. The highest BCUT2D eigenvalue weighted by molar-refractivity contribution is 7.47. The topological polar surface area (TPSA) is 237 Å². The van der Waals surface area contributed by atoms with Gasteiger partial charge in [-0.15, -0.1) is 0 Å². The van der Waals surface area contributed by atoms with E-state index in [9.17, 15) is 43.2 Å². The zero-order chi connectivity index (χ0) is 73.8. The number of aliphatic hydroxyl groups is 1. The number of hydrogen-bond acceptors (Lipinski definition) is 15. The molecule has 0 aliphatic rings. The molecule has 2 unspecified atom stereocenters. The number of ether oxygens (including phenoxy) is 4. The molecule has 3 N–H and O–H groups in total. The van der Waals surface area contributed by atoms with Crippen molar-refractivity contribution in [1.82, 2.24) is 0 Å². The molecule has 0 rings (SSSR count). The van der Waals surface area contributed by atoms with E-state index in [1.54, 1.807) is 0 Å². The Bertz CT molecular complexity index is 1950. The van der Waals surface area contributed by atoms with Gasteiger partial charge in [-0.1, -0.05) is 364 Å². The maximum absolute atomic E-state index is 13.1. The van der Waals surface area contributed by atoms with Crippen molar-refractivity contribution in [3.8, 4) is 0 Å². The minimum atomic E-state index is -4.96. The summed E-state index contributed by atoms with van der Waals surface area (Å²) in [6.45, 7) is 14.3. The summed E-state index contributed by atoms with van der Waals surface area (Å²) in [5.74, 6) is 0.987. The molecule has 0 bridgehead atoms. The number of unbranched alkanes of at least 4 members (excludes halogenated alkanes) is 44. The number of phosphoric ester groups is 2. The van der Waals surface area contributed by atoms with Crippen molar-refractivity contribution in [3.63, 3.8) is 0 Å². The minimum Gasteiger partial charge on any atom is -0.462 e. The molecule has 0 aliphatic heterocycles. The van der Waals surface area contributed by atoms with E-state index < -0.39 is 97.5 Å². The van der Waals surface area contributed by atoms with Gasteiger partial charge in [-0.2, -0.15) is 0 Å². The van der Waals surface area contributed by atoms with E-state index in [1.165, 1.54) is 218 Å². The lowest BCUT2D eigenvalue weighted by Crippen LogP contribution is -2.30. The van der Waals surface area contributed by atoms with Crippen LogP contribution in [0.4, 0.5) is 0 Å². The largest absolute Gasteiger partial charge is 0.472 e. The number of hydrogen-bond donors (Lipinski definition) is 3. The molecule has 0 aromatic rings. The van der Waals surface area contributed by atoms with Crippen LogP contribution in [0.25, 0.3) is 0 Å². The third kappa shape index (κ3) is 74.3. The zero-order valence-corrected chi connectivity index (χ0v) is 67.6. The molecule has 594 valence electrons. The minimum absolute atomic E-state index is 0.106. The van der Waals surface area contributed by atoms with Crippen molar-refractivity contribution >= 4 is 39.5 Å². The summed E-state index contributed by atoms with van der Waals surface area (Å²) in [5, 5.41) is 10.6. The van der Waals surface area contributed by atoms with Gasteiger partial charge >= 0.3 is 39.5 Å². The van der Waals surface area contributed by atoms with Crippen LogP contribution in [0.3, 0.4) is 0 Å². The second-order valence-electron chi connectivity index (χ2n) is 31.1. The Morgan fingerprint density at radius 3 is 0.620 bits per heavy atom. The lowest BCUT2D eigenvalue weighted by Gasteiger charge is -2.21. The number of esters is 4. The van der Waals surface area contributed by atoms with Crippen LogP contribution in [0.15, 0.2) is 0 Å². The van der Waals surface area contributed by atoms with Crippen LogP contribution in [0.5, 0.6) is 0 Å². The van der Waals surface area contributed by atoms with Gasteiger partial charge in [0.15, 0.2) is 12.2 Å². The van der Waals surface area contributed by atoms with Gasteiger partial charge in [0, 0.05) is 25.7 Å². The van der Waals surface area contributed by atoms with Crippen molar-refractivity contribution in [2.45, 2.75) is 433 Å². The molecular weight excluding hydrogens is 1310 g/mol. The molecule has 0 fully saturated rings. The van der Waals surface area contributed by atoms with Gasteiger partial charge in [0.1, 0.15) is 19.3 Å². The summed E-state index contributed by atoms with van der Waals surface area (Å²) in [4.78, 5) is 73.1. The summed E-state index contributed by atoms with van der Waals surface area (Å²) in [6.07, 6.45) is 56.8. The molecule has 0 aromatic carbocycles. The summed E-state index contributed by atoms with van der Waals surface area (Å²) in [6, 6.07) is 0. The van der Waals surface area contributed by atoms with E-state index in [-0.39, 0.29) is 25.7 Å². The van der Waals surface area contributed by atoms with Crippen LogP contribution in [0.1, 0.15) is 415 Å². The molecule has 0 amide bonds. The number of aliphatic hydroxyl groups excluding tert-OH is 1. The quantitative estimate of drug-likeness (QED) is 0.0222. The van der Waals surface area contributed by atoms with Gasteiger partial charge < -0.3 is 33.8 Å². The molecule has 0 radical (unpaired) electrons. The van der Waals surface area contributed by atoms with Crippen molar-refractivity contribution in [2.75, 3.05) is 39.6 Å². The lowest BCUT2D eigenvalue weighted by atomic mass is 10.0. The third-order valence-electron chi connectivity index (χ3n) is 18.8. The van der Waals surface area contributed by atoms with Gasteiger partial charge in [0.25, 0.3) is 0 Å². The molecular formula is C81H158O17P2. The standard InChI is InChI=1S/C81H158O17P2/c1-71(2)57-49-41-33-25-18-13-11-9-10-12-14-22-30-39-47-55-63-80(85)97-76(67-91-78(83)61-53-45-37-29-21-16-15-19-26-34-42-50-58-72(3)4)69-95-99(87,88)93-65-75(82)66-94-100(89,90)96-70-77(68-92-79(84)62-54-46-38-32-24-28-36-44-52-60-74(7)8)98-81(86)64-56-48-40-31-23-17-20-27-35-43-51-59-73(5)6/h71-77,82H,9-70H2,1-8H3,(H,87,88)(H,89,90)/t75-,76-,77-/m1/s1. The van der Waals surface area contributed by atoms with Crippen molar-refractivity contribution < 1.29 is 80.2 Å². The molecule has 100 heavy (non-hydrogen) atoms. The average Bonchev–Trinajstić information content (AvgIpc) is 0.911. The smallest absolute Gasteiger partial charge is 0.462 e. The Morgan fingerprint density at radius 1 is 0.250 bits per heavy atom. The van der Waals surface area contributed by atoms with Crippen LogP contribution in [-0.2, 0) is 65.4 Å². The SMILES string of the molecule is CC(C)CCCCCCCCCCCCCCCCCCC(=O)O[C@H](COC(=O)CCCCCCCCCCCCCCC(C)C)COP(=O)(O)OC[C@@H](O)COP(=O)(O)OC[C@@H](COC(=O)CCCCCCCCCCCC(C)C)OC(=O)CCCCCCCCCCCCCC(C)C. The van der Waals surface area contributed by atoms with Gasteiger partial charge in [0.05, 0.1) is 26.4 Å². The number of carbonyl (C=O) groups is 4. The fourth-order valence-electron chi connectivity index (χ4n) is 12.4. The molecule has 17 nitrogen and oxygen atoms in total. The van der Waals surface area contributed by atoms with E-state index in [2.05, 4.69) is 55.4 Å². The predicted molar refractivity (Wildman–Crippen MR) is 409 cm³/mol. The summed E-state index contributed by atoms with van der Waals surface area (Å²) in [5.41, 5.74) is 0. The second kappa shape index (κ2) is 70.1. The fraction of sp³-hybridized carbons (Fsp3) is 0.951. The van der Waals surface area contributed by atoms with E-state index in [0.29, 0.717) is 25.7 Å². The Morgan fingerprint density at radius 2 is 0.420 bits per heavy atom. The molecule has 0 aromatic heterocycles. The normalized spacial score (nSPS) is 14.0. The van der Waals surface area contributed by atoms with Crippen LogP contribution < -0.4 is 0 Å². The van der Waals surface area contributed by atoms with Gasteiger partial charge in [-0.25, -0.2) is 9.13 Å². The molecule has 0 spiro atoms. The van der Waals surface area contributed by atoms with E-state index in [1.807, 2.05) is 0 Å². The highest BCUT2D eigenvalue weighted by Crippen LogP contribution is 2.45. The highest BCUT2D eigenvalue weighted by Gasteiger charge is 2.30. The average molecular weight is 1470 g/mol. The van der Waals surface area contributed by atoms with Crippen molar-refractivity contribution in [3.05, 3.63) is 0 Å². The van der Waals surface area contributed by atoms with E-state index in [0.717, 1.165) is 114 Å².